The molecule has 0 saturated carbocycles. The number of hydrogen-bond donors (Lipinski definition) is 6. The normalized spacial score (nSPS) is 19.9. The number of aromatic nitrogens is 3. The molecule has 19 heteroatoms. The summed E-state index contributed by atoms with van der Waals surface area (Å²) in [7, 11) is 0. The number of nitrogens with zero attached hydrogens (tertiary/aromatic N) is 6. The van der Waals surface area contributed by atoms with Gasteiger partial charge in [0.2, 0.25) is 24.0 Å². The fraction of sp³-hybridized carbons (Fsp3) is 0.233. The van der Waals surface area contributed by atoms with Crippen molar-refractivity contribution >= 4 is 69.4 Å². The van der Waals surface area contributed by atoms with Crippen molar-refractivity contribution in [3.8, 4) is 5.75 Å². The van der Waals surface area contributed by atoms with Crippen molar-refractivity contribution in [1.29, 1.82) is 0 Å². The van der Waals surface area contributed by atoms with E-state index in [-0.39, 0.29) is 46.5 Å². The first-order valence-electron chi connectivity index (χ1n) is 14.6. The van der Waals surface area contributed by atoms with E-state index in [4.69, 9.17) is 5.73 Å². The monoisotopic (exact) mass is 706 g/mol. The molecule has 3 aromatic rings. The van der Waals surface area contributed by atoms with Gasteiger partial charge >= 0.3 is 5.97 Å². The lowest BCUT2D eigenvalue weighted by Crippen LogP contribution is -2.71. The second-order valence-electron chi connectivity index (χ2n) is 11.1. The van der Waals surface area contributed by atoms with Crippen LogP contribution < -0.4 is 20.9 Å². The van der Waals surface area contributed by atoms with Gasteiger partial charge in [0.05, 0.1) is 0 Å². The molecule has 252 valence electrons. The van der Waals surface area contributed by atoms with Gasteiger partial charge in [-0.3, -0.25) is 24.1 Å². The Bertz CT molecular complexity index is 1940. The Balaban J connectivity index is 1.08. The maximum absolute atomic E-state index is 13.3. The number of nitrogens with two attached hydrogens (primary N) is 1. The molecule has 49 heavy (non-hydrogen) atoms. The van der Waals surface area contributed by atoms with Crippen LogP contribution in [0.5, 0.6) is 5.75 Å². The van der Waals surface area contributed by atoms with E-state index in [1.165, 1.54) is 30.0 Å². The average Bonchev–Trinajstić information content (AvgIpc) is 3.66. The van der Waals surface area contributed by atoms with E-state index in [2.05, 4.69) is 25.1 Å². The standard InChI is InChI=1S/C30H27N9O8S2/c31-30-34-24(36-49-30)21(35-47)25(42)33-22-27(44)39-23(29(45)46)17(14-48-28(22)39)11-16-7-10-38(26(16)43)12-15-5-8-37(9-6-15)13-20(41)32-18-1-3-19(40)4-2-18/h1-6,8-9,11,22,28H,7,10,12-14H2,(H6-,31,32,33,34,35,36,40,41,42,45,46,47)/p+1/t22-,28-/m1/s1. The molecule has 0 bridgehead atoms. The third kappa shape index (κ3) is 6.92. The van der Waals surface area contributed by atoms with Crippen LogP contribution in [0.25, 0.3) is 0 Å². The van der Waals surface area contributed by atoms with E-state index in [0.29, 0.717) is 36.3 Å². The molecule has 0 radical (unpaired) electrons. The number of benzene rings is 1. The first kappa shape index (κ1) is 33.1. The van der Waals surface area contributed by atoms with E-state index in [9.17, 15) is 39.4 Å². The van der Waals surface area contributed by atoms with E-state index >= 15 is 0 Å². The van der Waals surface area contributed by atoms with E-state index in [0.717, 1.165) is 22.0 Å². The number of amides is 4. The highest BCUT2D eigenvalue weighted by Crippen LogP contribution is 2.41. The Labute approximate surface area is 285 Å². The molecule has 4 amide bonds. The van der Waals surface area contributed by atoms with E-state index in [1.54, 1.807) is 46.1 Å². The second-order valence-corrected chi connectivity index (χ2v) is 13.0. The predicted molar refractivity (Wildman–Crippen MR) is 174 cm³/mol. The average molecular weight is 707 g/mol. The van der Waals surface area contributed by atoms with Crippen molar-refractivity contribution in [3.05, 3.63) is 83.1 Å². The number of nitrogens with one attached hydrogen (secondary N) is 2. The molecule has 7 N–H and O–H groups in total. The number of aliphatic carboxylic acids is 1. The van der Waals surface area contributed by atoms with Gasteiger partial charge in [0.1, 0.15) is 22.9 Å². The van der Waals surface area contributed by atoms with Gasteiger partial charge < -0.3 is 36.7 Å². The number of pyridine rings is 1. The number of nitrogen functional groups attached to an aromatic ring is 1. The quantitative estimate of drug-likeness (QED) is 0.0311. The summed E-state index contributed by atoms with van der Waals surface area (Å²) < 4.78 is 5.51. The maximum Gasteiger partial charge on any atom is 0.352 e. The number of oxime groups is 1. The lowest BCUT2D eigenvalue weighted by molar-refractivity contribution is -0.684. The molecule has 0 aliphatic carbocycles. The molecule has 0 unspecified atom stereocenters. The molecular formula is C30H28N9O8S2+. The van der Waals surface area contributed by atoms with Crippen molar-refractivity contribution in [3.63, 3.8) is 0 Å². The number of rotatable bonds is 10. The van der Waals surface area contributed by atoms with Crippen LogP contribution in [0.4, 0.5) is 10.8 Å². The Hall–Kier alpha value is -5.82. The van der Waals surface area contributed by atoms with Gasteiger partial charge in [0.15, 0.2) is 17.5 Å². The Morgan fingerprint density at radius 3 is 2.53 bits per heavy atom. The van der Waals surface area contributed by atoms with Crippen molar-refractivity contribution < 1.29 is 44.0 Å². The topological polar surface area (TPSA) is 245 Å². The summed E-state index contributed by atoms with van der Waals surface area (Å²) in [6.45, 7) is 0.762. The zero-order valence-corrected chi connectivity index (χ0v) is 27.0. The second kappa shape index (κ2) is 13.7. The summed E-state index contributed by atoms with van der Waals surface area (Å²) in [5, 5.41) is 36.2. The minimum Gasteiger partial charge on any atom is -0.508 e. The van der Waals surface area contributed by atoms with Gasteiger partial charge in [-0.2, -0.15) is 13.9 Å². The summed E-state index contributed by atoms with van der Waals surface area (Å²) >= 11 is 2.00. The summed E-state index contributed by atoms with van der Waals surface area (Å²) in [5.74, 6) is -3.46. The molecule has 0 spiro atoms. The van der Waals surface area contributed by atoms with Crippen LogP contribution in [0.2, 0.25) is 0 Å². The Kier molecular flexibility index (Phi) is 9.27. The zero-order chi connectivity index (χ0) is 34.8. The van der Waals surface area contributed by atoms with Crippen molar-refractivity contribution in [1.82, 2.24) is 24.5 Å². The van der Waals surface area contributed by atoms with Crippen molar-refractivity contribution in [2.24, 2.45) is 5.16 Å². The fourth-order valence-corrected chi connectivity index (χ4v) is 7.22. The number of phenols is 1. The highest BCUT2D eigenvalue weighted by molar-refractivity contribution is 8.00. The smallest absolute Gasteiger partial charge is 0.352 e. The summed E-state index contributed by atoms with van der Waals surface area (Å²) in [5.41, 5.74) is 6.79. The molecular weight excluding hydrogens is 679 g/mol. The molecule has 6 rings (SSSR count). The summed E-state index contributed by atoms with van der Waals surface area (Å²) in [6, 6.07) is 8.63. The van der Waals surface area contributed by atoms with Crippen LogP contribution in [-0.4, -0.2) is 93.6 Å². The lowest BCUT2D eigenvalue weighted by Gasteiger charge is -2.49. The molecule has 2 fully saturated rings. The number of phenolic OH excluding ortho intramolecular Hbond substituents is 1. The number of carboxylic acid groups (broad SMARTS) is 1. The minimum atomic E-state index is -1.35. The van der Waals surface area contributed by atoms with Crippen LogP contribution in [0.3, 0.4) is 0 Å². The number of anilines is 2. The first-order valence-corrected chi connectivity index (χ1v) is 16.4. The Morgan fingerprint density at radius 2 is 1.88 bits per heavy atom. The summed E-state index contributed by atoms with van der Waals surface area (Å²) in [4.78, 5) is 70.4. The van der Waals surface area contributed by atoms with Crippen LogP contribution >= 0.6 is 23.3 Å². The van der Waals surface area contributed by atoms with Gasteiger partial charge in [0.25, 0.3) is 17.7 Å². The molecule has 3 aliphatic rings. The number of hydrogen-bond acceptors (Lipinski definition) is 13. The number of allylic oxidation sites excluding steroid dienone is 1. The zero-order valence-electron chi connectivity index (χ0n) is 25.3. The number of fused-ring (bicyclic) bond motifs is 1. The fourth-order valence-electron chi connectivity index (χ4n) is 5.48. The maximum atomic E-state index is 13.3. The number of β-lactam (4-membered cyclic amide) rings is 1. The van der Waals surface area contributed by atoms with E-state index < -0.39 is 34.9 Å². The van der Waals surface area contributed by atoms with Crippen LogP contribution in [-0.2, 0) is 37.1 Å². The van der Waals surface area contributed by atoms with Crippen LogP contribution in [0, 0.1) is 0 Å². The molecule has 1 aromatic carbocycles. The third-order valence-corrected chi connectivity index (χ3v) is 9.67. The molecule has 17 nitrogen and oxygen atoms in total. The predicted octanol–water partition coefficient (Wildman–Crippen LogP) is 0.0279. The third-order valence-electron chi connectivity index (χ3n) is 7.83. The number of carbonyl (C=O) groups excluding carboxylic acids is 4. The first-order chi connectivity index (χ1) is 23.5. The van der Waals surface area contributed by atoms with Gasteiger partial charge in [-0.25, -0.2) is 4.79 Å². The van der Waals surface area contributed by atoms with Crippen molar-refractivity contribution in [2.75, 3.05) is 23.3 Å². The van der Waals surface area contributed by atoms with Gasteiger partial charge in [-0.15, -0.1) is 11.8 Å². The van der Waals surface area contributed by atoms with E-state index in [1.807, 2.05) is 0 Å². The number of carbonyl (C=O) groups is 5. The highest BCUT2D eigenvalue weighted by atomic mass is 32.2. The van der Waals surface area contributed by atoms with Gasteiger partial charge in [-0.05, 0) is 47.9 Å². The lowest BCUT2D eigenvalue weighted by atomic mass is 10.0. The van der Waals surface area contributed by atoms with Crippen LogP contribution in [0.1, 0.15) is 17.8 Å². The number of carboxylic acids is 1. The Morgan fingerprint density at radius 1 is 1.14 bits per heavy atom. The van der Waals surface area contributed by atoms with Crippen LogP contribution in [0.15, 0.2) is 76.9 Å². The molecule has 3 aliphatic heterocycles. The molecule has 5 heterocycles. The van der Waals surface area contributed by atoms with Gasteiger partial charge in [-0.1, -0.05) is 5.16 Å². The highest BCUT2D eigenvalue weighted by Gasteiger charge is 2.54. The summed E-state index contributed by atoms with van der Waals surface area (Å²) in [6.07, 6.45) is 5.35. The molecule has 2 aromatic heterocycles. The number of aromatic hydroxyl groups is 1. The SMILES string of the molecule is Nc1nc(/C(=N/O)C(=O)N[C@@H]2C(=O)N3C(C(=O)O)=C(C=C4CCN(Cc5cc[n+](CC(=O)Nc6ccc(O)cc6)cc5)C4=O)CS[C@H]23)ns1. The van der Waals surface area contributed by atoms with Gasteiger partial charge in [0, 0.05) is 53.8 Å². The minimum absolute atomic E-state index is 0.0409. The van der Waals surface area contributed by atoms with Crippen molar-refractivity contribution in [2.45, 2.75) is 30.9 Å². The molecule has 2 atom stereocenters. The number of thioether (sulfide) groups is 1. The molecule has 2 saturated heterocycles. The largest absolute Gasteiger partial charge is 0.508 e. The number of likely N-dealkylation sites (tertiary alicyclic amines) is 1.